The number of alkyl halides is 2. The molecule has 5 heterocycles. The largest absolute Gasteiger partial charge is 0.504 e. The van der Waals surface area contributed by atoms with Gasteiger partial charge in [-0.05, 0) is 44.4 Å². The number of carbonyl (C=O) groups is 2. The first kappa shape index (κ1) is 34.7. The number of anilines is 2. The lowest BCUT2D eigenvalue weighted by Crippen LogP contribution is -2.67. The summed E-state index contributed by atoms with van der Waals surface area (Å²) >= 11 is 6.25. The molecule has 2 N–H and O–H groups in total. The van der Waals surface area contributed by atoms with Crippen LogP contribution in [-0.4, -0.2) is 88.6 Å². The van der Waals surface area contributed by atoms with Gasteiger partial charge in [-0.15, -0.1) is 15.0 Å². The Balaban J connectivity index is 1.29. The molecule has 1 aliphatic heterocycles. The molecule has 0 radical (unpaired) electrons. The van der Waals surface area contributed by atoms with E-state index in [9.17, 15) is 28.3 Å². The van der Waals surface area contributed by atoms with E-state index >= 15 is 0 Å². The number of amides is 2. The van der Waals surface area contributed by atoms with E-state index in [4.69, 9.17) is 16.3 Å². The average Bonchev–Trinajstić information content (AvgIpc) is 3.57. The third kappa shape index (κ3) is 6.03. The molecule has 1 aliphatic carbocycles. The molecule has 1 saturated carbocycles. The number of nitrogens with one attached hydrogen (secondary N) is 1. The van der Waals surface area contributed by atoms with Gasteiger partial charge < -0.3 is 29.5 Å². The molecule has 2 fully saturated rings. The van der Waals surface area contributed by atoms with Crippen LogP contribution in [0.2, 0.25) is 5.02 Å². The predicted octanol–water partition coefficient (Wildman–Crippen LogP) is 4.08. The molecule has 270 valence electrons. The number of aromatic hydroxyl groups is 1. The van der Waals surface area contributed by atoms with E-state index < -0.39 is 23.7 Å². The Bertz CT molecular complexity index is 2280. The second kappa shape index (κ2) is 13.8. The first-order chi connectivity index (χ1) is 25.0. The molecule has 1 aromatic carbocycles. The third-order valence-corrected chi connectivity index (χ3v) is 9.85. The smallest absolute Gasteiger partial charge is 0.276 e. The van der Waals surface area contributed by atoms with Crippen molar-refractivity contribution in [3.8, 4) is 17.3 Å². The maximum atomic E-state index is 14.5. The first-order valence-electron chi connectivity index (χ1n) is 16.5. The molecule has 2 atom stereocenters. The second-order valence-electron chi connectivity index (χ2n) is 12.4. The maximum Gasteiger partial charge on any atom is 0.276 e. The van der Waals surface area contributed by atoms with Gasteiger partial charge in [0.05, 0.1) is 35.2 Å². The summed E-state index contributed by atoms with van der Waals surface area (Å²) in [5, 5.41) is 22.4. The van der Waals surface area contributed by atoms with E-state index in [1.54, 1.807) is 28.5 Å². The molecule has 0 bridgehead atoms. The molecule has 4 aromatic heterocycles. The number of pyridine rings is 2. The van der Waals surface area contributed by atoms with Crippen molar-refractivity contribution < 1.29 is 28.2 Å². The summed E-state index contributed by atoms with van der Waals surface area (Å²) in [6, 6.07) is 6.30. The van der Waals surface area contributed by atoms with E-state index in [-0.39, 0.29) is 70.6 Å². The van der Waals surface area contributed by atoms with E-state index in [0.29, 0.717) is 47.9 Å². The second-order valence-corrected chi connectivity index (χ2v) is 12.8. The van der Waals surface area contributed by atoms with Gasteiger partial charge in [0.1, 0.15) is 18.6 Å². The van der Waals surface area contributed by atoms with Crippen molar-refractivity contribution >= 4 is 46.0 Å². The normalized spacial score (nSPS) is 16.9. The molecule has 7 rings (SSSR count). The molecular formula is C34H33ClF2N10O5. The molecule has 15 nitrogen and oxygen atoms in total. The predicted molar refractivity (Wildman–Crippen MR) is 186 cm³/mol. The van der Waals surface area contributed by atoms with Crippen molar-refractivity contribution in [1.29, 1.82) is 0 Å². The highest BCUT2D eigenvalue weighted by Crippen LogP contribution is 2.39. The van der Waals surface area contributed by atoms with Gasteiger partial charge in [0.25, 0.3) is 12.3 Å². The highest BCUT2D eigenvalue weighted by molar-refractivity contribution is 6.33. The third-order valence-electron chi connectivity index (χ3n) is 9.54. The van der Waals surface area contributed by atoms with Crippen LogP contribution in [0.1, 0.15) is 53.6 Å². The van der Waals surface area contributed by atoms with Crippen LogP contribution in [0.4, 0.5) is 20.2 Å². The first-order valence-corrected chi connectivity index (χ1v) is 16.9. The minimum absolute atomic E-state index is 0.00543. The Morgan fingerprint density at radius 1 is 1.10 bits per heavy atom. The number of aromatic nitrogens is 7. The Morgan fingerprint density at radius 2 is 1.88 bits per heavy atom. The summed E-state index contributed by atoms with van der Waals surface area (Å²) in [7, 11) is 1.47. The van der Waals surface area contributed by atoms with Crippen LogP contribution in [0.25, 0.3) is 16.9 Å². The number of benzene rings is 1. The molecule has 2 aliphatic rings. The van der Waals surface area contributed by atoms with Crippen molar-refractivity contribution in [2.24, 2.45) is 0 Å². The summed E-state index contributed by atoms with van der Waals surface area (Å²) in [6.07, 6.45) is 1.68. The van der Waals surface area contributed by atoms with Crippen molar-refractivity contribution in [2.45, 2.75) is 58.2 Å². The number of carbonyl (C=O) groups excluding carboxylic acids is 2. The fourth-order valence-corrected chi connectivity index (χ4v) is 7.07. The van der Waals surface area contributed by atoms with Crippen molar-refractivity contribution in [3.05, 3.63) is 80.7 Å². The summed E-state index contributed by atoms with van der Waals surface area (Å²) in [5.74, 6) is -0.943. The van der Waals surface area contributed by atoms with Crippen LogP contribution >= 0.6 is 11.6 Å². The molecule has 52 heavy (non-hydrogen) atoms. The molecule has 0 spiro atoms. The number of halogens is 3. The zero-order valence-electron chi connectivity index (χ0n) is 28.3. The van der Waals surface area contributed by atoms with Crippen molar-refractivity contribution in [1.82, 2.24) is 39.4 Å². The number of piperazine rings is 1. The molecule has 1 saturated heterocycles. The fourth-order valence-electron chi connectivity index (χ4n) is 6.83. The van der Waals surface area contributed by atoms with Gasteiger partial charge >= 0.3 is 0 Å². The minimum atomic E-state index is -2.73. The number of ether oxygens (including phenoxy) is 1. The number of fused-ring (bicyclic) bond motifs is 2. The summed E-state index contributed by atoms with van der Waals surface area (Å²) < 4.78 is 33.4. The van der Waals surface area contributed by atoms with Gasteiger partial charge in [-0.3, -0.25) is 14.4 Å². The van der Waals surface area contributed by atoms with Crippen LogP contribution in [0.15, 0.2) is 47.7 Å². The van der Waals surface area contributed by atoms with Crippen LogP contribution < -0.4 is 20.4 Å². The molecule has 0 unspecified atom stereocenters. The number of nitrogens with zero attached hydrogens (tertiary/aromatic N) is 9. The molecule has 5 aromatic rings. The van der Waals surface area contributed by atoms with Crippen LogP contribution in [-0.2, 0) is 17.8 Å². The number of hydrogen-bond donors (Lipinski definition) is 2. The molecule has 18 heteroatoms. The molecule has 2 amide bonds. The lowest BCUT2D eigenvalue weighted by molar-refractivity contribution is -0.116. The van der Waals surface area contributed by atoms with Gasteiger partial charge in [0, 0.05) is 42.7 Å². The SMILES string of the molecule is CCc1c(N2CCN(C(=O)c3ncnc(C)c3O)[C@H]3CC[C@@H]32)c(=O)c2nn(-c3ccnc(OC)c3)nc2n1CC(=O)Nc1ccc(C(F)F)cc1Cl. The maximum absolute atomic E-state index is 14.5. The minimum Gasteiger partial charge on any atom is -0.504 e. The zero-order valence-corrected chi connectivity index (χ0v) is 29.0. The Labute approximate surface area is 299 Å². The monoisotopic (exact) mass is 734 g/mol. The lowest BCUT2D eigenvalue weighted by atomic mass is 9.81. The van der Waals surface area contributed by atoms with Gasteiger partial charge in [-0.2, -0.15) is 0 Å². The van der Waals surface area contributed by atoms with E-state index in [0.717, 1.165) is 6.07 Å². The van der Waals surface area contributed by atoms with Crippen molar-refractivity contribution in [3.63, 3.8) is 0 Å². The summed E-state index contributed by atoms with van der Waals surface area (Å²) in [5.41, 5.74) is 1.13. The van der Waals surface area contributed by atoms with Crippen LogP contribution in [0.5, 0.6) is 11.6 Å². The topological polar surface area (TPSA) is 173 Å². The highest BCUT2D eigenvalue weighted by atomic mass is 35.5. The van der Waals surface area contributed by atoms with Gasteiger partial charge in [-0.1, -0.05) is 24.6 Å². The Kier molecular flexibility index (Phi) is 9.20. The fraction of sp³-hybridized carbons (Fsp3) is 0.353. The quantitative estimate of drug-likeness (QED) is 0.224. The van der Waals surface area contributed by atoms with Crippen LogP contribution in [0, 0.1) is 6.92 Å². The standard InChI is InChI=1S/C34H33ClF2N10O5/c1-4-22-29(44-11-12-45(24-8-7-23(24)44)34(51)28-30(49)17(2)39-16-40-28)31(50)27-33(43-47(42-27)19-9-10-38-26(14-19)52-3)46(22)15-25(48)41-21-6-5-18(32(36)37)13-20(21)35/h5-6,9-10,13-14,16,23-24,32,49H,4,7-8,11-12,15H2,1-3H3,(H,41,48)/t23-,24-/m0/s1. The number of hydrogen-bond acceptors (Lipinski definition) is 11. The van der Waals surface area contributed by atoms with E-state index in [1.807, 2.05) is 11.8 Å². The number of methoxy groups -OCH3 is 1. The Hall–Kier alpha value is -5.71. The van der Waals surface area contributed by atoms with E-state index in [2.05, 4.69) is 30.5 Å². The lowest BCUT2D eigenvalue weighted by Gasteiger charge is -2.54. The molecular weight excluding hydrogens is 702 g/mol. The zero-order chi connectivity index (χ0) is 36.8. The highest BCUT2D eigenvalue weighted by Gasteiger charge is 2.47. The van der Waals surface area contributed by atoms with E-state index in [1.165, 1.54) is 36.6 Å². The van der Waals surface area contributed by atoms with Crippen molar-refractivity contribution in [2.75, 3.05) is 30.4 Å². The average molecular weight is 735 g/mol. The summed E-state index contributed by atoms with van der Waals surface area (Å²) in [6.45, 7) is 3.64. The van der Waals surface area contributed by atoms with Gasteiger partial charge in [0.15, 0.2) is 22.6 Å². The van der Waals surface area contributed by atoms with Gasteiger partial charge in [-0.25, -0.2) is 23.7 Å². The number of aryl methyl sites for hydroxylation is 1. The number of rotatable bonds is 9. The Morgan fingerprint density at radius 3 is 2.58 bits per heavy atom. The van der Waals surface area contributed by atoms with Crippen LogP contribution in [0.3, 0.4) is 0 Å². The summed E-state index contributed by atoms with van der Waals surface area (Å²) in [4.78, 5) is 58.8. The van der Waals surface area contributed by atoms with Gasteiger partial charge in [0.2, 0.25) is 17.2 Å².